The molecule has 2 rings (SSSR count). The second-order valence-electron chi connectivity index (χ2n) is 4.24. The summed E-state index contributed by atoms with van der Waals surface area (Å²) in [7, 11) is 1.53. The van der Waals surface area contributed by atoms with Crippen LogP contribution < -0.4 is 15.4 Å². The Hall–Kier alpha value is -2.04. The Morgan fingerprint density at radius 2 is 2.00 bits per heavy atom. The molecule has 1 aromatic rings. The number of rotatable bonds is 2. The van der Waals surface area contributed by atoms with Crippen LogP contribution >= 0.6 is 0 Å². The molecule has 1 aliphatic heterocycles. The van der Waals surface area contributed by atoms with Gasteiger partial charge in [0.05, 0.1) is 7.11 Å². The third kappa shape index (κ3) is 1.73. The zero-order valence-electron chi connectivity index (χ0n) is 9.96. The summed E-state index contributed by atoms with van der Waals surface area (Å²) in [5.41, 5.74) is 0.577. The fraction of sp³-hybridized carbons (Fsp3) is 0.333. The number of amides is 3. The molecule has 0 unspecified atom stereocenters. The molecule has 0 radical (unpaired) electrons. The van der Waals surface area contributed by atoms with Gasteiger partial charge in [0.25, 0.3) is 5.91 Å². The maximum absolute atomic E-state index is 11.8. The molecule has 1 saturated heterocycles. The second-order valence-corrected chi connectivity index (χ2v) is 4.24. The summed E-state index contributed by atoms with van der Waals surface area (Å²) in [5, 5.41) is 4.85. The summed E-state index contributed by atoms with van der Waals surface area (Å²) >= 11 is 0. The van der Waals surface area contributed by atoms with Crippen molar-refractivity contribution in [3.05, 3.63) is 29.3 Å². The predicted octanol–water partition coefficient (Wildman–Crippen LogP) is 1.06. The van der Waals surface area contributed by atoms with Crippen LogP contribution in [0.4, 0.5) is 4.79 Å². The van der Waals surface area contributed by atoms with E-state index < -0.39 is 11.6 Å². The Morgan fingerprint density at radius 1 is 1.29 bits per heavy atom. The van der Waals surface area contributed by atoms with Gasteiger partial charge in [-0.2, -0.15) is 0 Å². The molecule has 2 N–H and O–H groups in total. The molecule has 0 aromatic heterocycles. The van der Waals surface area contributed by atoms with E-state index in [0.29, 0.717) is 11.3 Å². The fourth-order valence-electron chi connectivity index (χ4n) is 1.95. The first-order chi connectivity index (χ1) is 7.97. The summed E-state index contributed by atoms with van der Waals surface area (Å²) in [6.45, 7) is 3.57. The molecule has 1 aliphatic rings. The Balaban J connectivity index is 2.56. The van der Waals surface area contributed by atoms with Gasteiger partial charge in [-0.1, -0.05) is 11.6 Å². The maximum atomic E-state index is 11.8. The van der Waals surface area contributed by atoms with E-state index in [1.54, 1.807) is 13.0 Å². The molecule has 3 amide bonds. The van der Waals surface area contributed by atoms with E-state index in [9.17, 15) is 9.59 Å². The fourth-order valence-corrected chi connectivity index (χ4v) is 1.95. The third-order valence-electron chi connectivity index (χ3n) is 2.94. The van der Waals surface area contributed by atoms with Crippen LogP contribution in [0.5, 0.6) is 5.75 Å². The number of aryl methyl sites for hydroxylation is 1. The number of carbonyl (C=O) groups excluding carboxylic acids is 2. The molecular weight excluding hydrogens is 220 g/mol. The van der Waals surface area contributed by atoms with Gasteiger partial charge in [0.2, 0.25) is 0 Å². The average molecular weight is 234 g/mol. The van der Waals surface area contributed by atoms with Gasteiger partial charge in [0.15, 0.2) is 0 Å². The highest BCUT2D eigenvalue weighted by Gasteiger charge is 2.45. The highest BCUT2D eigenvalue weighted by molar-refractivity contribution is 6.07. The quantitative estimate of drug-likeness (QED) is 0.752. The van der Waals surface area contributed by atoms with Gasteiger partial charge in [-0.15, -0.1) is 0 Å². The largest absolute Gasteiger partial charge is 0.496 e. The molecule has 1 heterocycles. The summed E-state index contributed by atoms with van der Waals surface area (Å²) < 4.78 is 5.23. The van der Waals surface area contributed by atoms with Crippen LogP contribution in [0.3, 0.4) is 0 Å². The number of nitrogens with one attached hydrogen (secondary N) is 2. The number of imide groups is 1. The first kappa shape index (κ1) is 11.4. The predicted molar refractivity (Wildman–Crippen MR) is 61.8 cm³/mol. The molecule has 1 fully saturated rings. The molecule has 0 aliphatic carbocycles. The van der Waals surface area contributed by atoms with E-state index in [4.69, 9.17) is 4.74 Å². The summed E-state index contributed by atoms with van der Waals surface area (Å²) in [6, 6.07) is 5.03. The van der Waals surface area contributed by atoms with Crippen molar-refractivity contribution in [1.29, 1.82) is 0 Å². The lowest BCUT2D eigenvalue weighted by molar-refractivity contribution is -0.123. The molecule has 5 heteroatoms. The van der Waals surface area contributed by atoms with Crippen LogP contribution in [0.15, 0.2) is 18.2 Å². The zero-order valence-corrected chi connectivity index (χ0v) is 9.96. The van der Waals surface area contributed by atoms with Crippen LogP contribution in [-0.4, -0.2) is 19.0 Å². The number of hydrogen-bond acceptors (Lipinski definition) is 3. The van der Waals surface area contributed by atoms with E-state index in [1.165, 1.54) is 7.11 Å². The average Bonchev–Trinajstić information content (AvgIpc) is 2.53. The number of urea groups is 1. The third-order valence-corrected chi connectivity index (χ3v) is 2.94. The lowest BCUT2D eigenvalue weighted by Crippen LogP contribution is -2.40. The van der Waals surface area contributed by atoms with Gasteiger partial charge in [0.1, 0.15) is 11.3 Å². The lowest BCUT2D eigenvalue weighted by atomic mass is 9.90. The number of carbonyl (C=O) groups is 2. The van der Waals surface area contributed by atoms with Gasteiger partial charge < -0.3 is 10.1 Å². The van der Waals surface area contributed by atoms with E-state index in [1.807, 2.05) is 19.1 Å². The van der Waals surface area contributed by atoms with Gasteiger partial charge in [-0.25, -0.2) is 4.79 Å². The number of benzene rings is 1. The Kier molecular flexibility index (Phi) is 2.53. The maximum Gasteiger partial charge on any atom is 0.322 e. The molecule has 0 bridgehead atoms. The smallest absolute Gasteiger partial charge is 0.322 e. The lowest BCUT2D eigenvalue weighted by Gasteiger charge is -2.23. The summed E-state index contributed by atoms with van der Waals surface area (Å²) in [4.78, 5) is 23.1. The van der Waals surface area contributed by atoms with Crippen molar-refractivity contribution in [2.45, 2.75) is 19.4 Å². The van der Waals surface area contributed by atoms with Crippen LogP contribution in [0, 0.1) is 6.92 Å². The molecule has 17 heavy (non-hydrogen) atoms. The normalized spacial score (nSPS) is 23.2. The van der Waals surface area contributed by atoms with Crippen LogP contribution in [0.25, 0.3) is 0 Å². The minimum absolute atomic E-state index is 0.369. The molecule has 1 aromatic carbocycles. The van der Waals surface area contributed by atoms with E-state index >= 15 is 0 Å². The SMILES string of the molecule is COc1ccc(C)cc1[C@]1(C)NC(=O)NC1=O. The van der Waals surface area contributed by atoms with Gasteiger partial charge in [-0.05, 0) is 26.0 Å². The van der Waals surface area contributed by atoms with Crippen molar-refractivity contribution in [2.24, 2.45) is 0 Å². The van der Waals surface area contributed by atoms with Crippen LogP contribution in [0.2, 0.25) is 0 Å². The van der Waals surface area contributed by atoms with Gasteiger partial charge in [-0.3, -0.25) is 10.1 Å². The molecule has 1 atom stereocenters. The standard InChI is InChI=1S/C12H14N2O3/c1-7-4-5-9(17-3)8(6-7)12(2)10(15)13-11(16)14-12/h4-6H,1-3H3,(H2,13,14,15,16)/t12-/m0/s1. The number of ether oxygens (including phenoxy) is 1. The van der Waals surface area contributed by atoms with Crippen molar-refractivity contribution in [3.63, 3.8) is 0 Å². The molecule has 5 nitrogen and oxygen atoms in total. The zero-order chi connectivity index (χ0) is 12.6. The van der Waals surface area contributed by atoms with Crippen molar-refractivity contribution in [3.8, 4) is 5.75 Å². The Morgan fingerprint density at radius 3 is 2.53 bits per heavy atom. The highest BCUT2D eigenvalue weighted by atomic mass is 16.5. The van der Waals surface area contributed by atoms with Crippen molar-refractivity contribution in [2.75, 3.05) is 7.11 Å². The highest BCUT2D eigenvalue weighted by Crippen LogP contribution is 2.32. The van der Waals surface area contributed by atoms with Crippen LogP contribution in [0.1, 0.15) is 18.1 Å². The van der Waals surface area contributed by atoms with Crippen LogP contribution in [-0.2, 0) is 10.3 Å². The van der Waals surface area contributed by atoms with Crippen molar-refractivity contribution >= 4 is 11.9 Å². The second kappa shape index (κ2) is 3.76. The molecule has 0 spiro atoms. The number of hydrogen-bond donors (Lipinski definition) is 2. The molecule has 0 saturated carbocycles. The first-order valence-corrected chi connectivity index (χ1v) is 5.26. The minimum Gasteiger partial charge on any atom is -0.496 e. The van der Waals surface area contributed by atoms with Gasteiger partial charge >= 0.3 is 6.03 Å². The first-order valence-electron chi connectivity index (χ1n) is 5.26. The number of methoxy groups -OCH3 is 1. The monoisotopic (exact) mass is 234 g/mol. The topological polar surface area (TPSA) is 67.4 Å². The van der Waals surface area contributed by atoms with E-state index in [-0.39, 0.29) is 5.91 Å². The molecule has 90 valence electrons. The summed E-state index contributed by atoms with van der Waals surface area (Å²) in [5.74, 6) is 0.210. The van der Waals surface area contributed by atoms with Gasteiger partial charge in [0, 0.05) is 5.56 Å². The summed E-state index contributed by atoms with van der Waals surface area (Å²) in [6.07, 6.45) is 0. The van der Waals surface area contributed by atoms with Crippen molar-refractivity contribution in [1.82, 2.24) is 10.6 Å². The Labute approximate surface area is 99.2 Å². The van der Waals surface area contributed by atoms with E-state index in [2.05, 4.69) is 10.6 Å². The molecular formula is C12H14N2O3. The Bertz CT molecular complexity index is 499. The van der Waals surface area contributed by atoms with Crippen molar-refractivity contribution < 1.29 is 14.3 Å². The van der Waals surface area contributed by atoms with E-state index in [0.717, 1.165) is 5.56 Å². The minimum atomic E-state index is -1.07.